The van der Waals surface area contributed by atoms with Crippen LogP contribution in [0, 0.1) is 12.7 Å². The molecule has 2 aliphatic heterocycles. The summed E-state index contributed by atoms with van der Waals surface area (Å²) in [4.78, 5) is 18.2. The number of hydrogen-bond acceptors (Lipinski definition) is 3. The van der Waals surface area contributed by atoms with Crippen LogP contribution in [0.15, 0.2) is 48.7 Å². The molecule has 1 unspecified atom stereocenters. The van der Waals surface area contributed by atoms with Crippen LogP contribution in [0.3, 0.4) is 0 Å². The maximum atomic E-state index is 15.3. The van der Waals surface area contributed by atoms with E-state index in [1.54, 1.807) is 10.7 Å². The number of aromatic nitrogens is 2. The van der Waals surface area contributed by atoms with Gasteiger partial charge >= 0.3 is 0 Å². The quantitative estimate of drug-likeness (QED) is 0.573. The zero-order chi connectivity index (χ0) is 22.7. The zero-order valence-electron chi connectivity index (χ0n) is 19.2. The number of likely N-dealkylation sites (tertiary alicyclic amines) is 1. The summed E-state index contributed by atoms with van der Waals surface area (Å²) < 4.78 is 17.0. The van der Waals surface area contributed by atoms with Crippen molar-refractivity contribution in [3.05, 3.63) is 71.3 Å². The molecule has 170 valence electrons. The number of carbonyl (C=O) groups excluding carboxylic acids is 1. The predicted molar refractivity (Wildman–Crippen MR) is 126 cm³/mol. The summed E-state index contributed by atoms with van der Waals surface area (Å²) in [5, 5.41) is 4.37. The van der Waals surface area contributed by atoms with E-state index in [4.69, 9.17) is 0 Å². The number of halogens is 1. The van der Waals surface area contributed by atoms with Gasteiger partial charge < -0.3 is 4.90 Å². The first-order valence-corrected chi connectivity index (χ1v) is 12.0. The van der Waals surface area contributed by atoms with E-state index < -0.39 is 5.54 Å². The van der Waals surface area contributed by atoms with E-state index in [1.807, 2.05) is 55.4 Å². The van der Waals surface area contributed by atoms with Crippen molar-refractivity contribution in [1.82, 2.24) is 14.7 Å². The molecule has 0 N–H and O–H groups in total. The Balaban J connectivity index is 1.33. The fourth-order valence-electron chi connectivity index (χ4n) is 6.25. The smallest absolute Gasteiger partial charge is 0.252 e. The van der Waals surface area contributed by atoms with Gasteiger partial charge in [-0.25, -0.2) is 4.39 Å². The molecule has 3 aromatic rings. The first-order chi connectivity index (χ1) is 16.0. The van der Waals surface area contributed by atoms with Crippen molar-refractivity contribution in [2.24, 2.45) is 7.05 Å². The molecule has 0 bridgehead atoms. The van der Waals surface area contributed by atoms with Gasteiger partial charge in [0.1, 0.15) is 11.4 Å². The Bertz CT molecular complexity index is 1240. The lowest BCUT2D eigenvalue weighted by Crippen LogP contribution is -2.65. The SMILES string of the molecule is Cc1nn(C)cc1-c1ccc(CN2C(=O)C3(CCN3C3CCCC3)c3ccccc32)c(F)c1. The Morgan fingerprint density at radius 1 is 1.15 bits per heavy atom. The standard InChI is InChI=1S/C27H29FN4O/c1-18-22(17-30(2)29-18)19-11-12-20(24(28)15-19)16-31-25-10-6-5-9-23(25)27(26(31)33)13-14-32(27)21-7-3-4-8-21/h5-6,9-12,15,17,21H,3-4,7-8,13-14,16H2,1-2H3. The molecule has 2 fully saturated rings. The van der Waals surface area contributed by atoms with Crippen LogP contribution in [0.2, 0.25) is 0 Å². The molecular formula is C27H29FN4O. The molecule has 3 heterocycles. The topological polar surface area (TPSA) is 41.4 Å². The monoisotopic (exact) mass is 444 g/mol. The van der Waals surface area contributed by atoms with Gasteiger partial charge in [-0.2, -0.15) is 5.10 Å². The maximum absolute atomic E-state index is 15.3. The number of rotatable bonds is 4. The number of para-hydroxylation sites is 1. The van der Waals surface area contributed by atoms with Gasteiger partial charge in [0.2, 0.25) is 0 Å². The van der Waals surface area contributed by atoms with Crippen LogP contribution in [0.25, 0.3) is 11.1 Å². The van der Waals surface area contributed by atoms with E-state index in [0.717, 1.165) is 41.0 Å². The number of nitrogens with zero attached hydrogens (tertiary/aromatic N) is 4. The molecule has 1 atom stereocenters. The van der Waals surface area contributed by atoms with Crippen molar-refractivity contribution < 1.29 is 9.18 Å². The number of amides is 1. The fourth-order valence-corrected chi connectivity index (χ4v) is 6.25. The van der Waals surface area contributed by atoms with Crippen LogP contribution < -0.4 is 4.90 Å². The van der Waals surface area contributed by atoms with Gasteiger partial charge in [0.15, 0.2) is 0 Å². The lowest BCUT2D eigenvalue weighted by atomic mass is 9.77. The van der Waals surface area contributed by atoms with Gasteiger partial charge in [0, 0.05) is 48.2 Å². The summed E-state index contributed by atoms with van der Waals surface area (Å²) in [7, 11) is 1.86. The van der Waals surface area contributed by atoms with E-state index in [0.29, 0.717) is 11.6 Å². The Labute approximate surface area is 193 Å². The molecule has 1 saturated heterocycles. The van der Waals surface area contributed by atoms with Crippen molar-refractivity contribution >= 4 is 11.6 Å². The molecule has 1 saturated carbocycles. The molecule has 1 spiro atoms. The summed E-state index contributed by atoms with van der Waals surface area (Å²) in [6, 6.07) is 13.9. The normalized spacial score (nSPS) is 22.9. The molecule has 1 aromatic heterocycles. The van der Waals surface area contributed by atoms with Crippen LogP contribution in [-0.4, -0.2) is 33.2 Å². The zero-order valence-corrected chi connectivity index (χ0v) is 19.2. The molecule has 3 aliphatic rings. The van der Waals surface area contributed by atoms with Crippen molar-refractivity contribution in [1.29, 1.82) is 0 Å². The van der Waals surface area contributed by atoms with Gasteiger partial charge in [-0.05, 0) is 43.9 Å². The van der Waals surface area contributed by atoms with Crippen molar-refractivity contribution in [2.75, 3.05) is 11.4 Å². The second-order valence-corrected chi connectivity index (χ2v) is 9.76. The number of benzene rings is 2. The fraction of sp³-hybridized carbons (Fsp3) is 0.407. The van der Waals surface area contributed by atoms with Gasteiger partial charge in [0.25, 0.3) is 5.91 Å². The van der Waals surface area contributed by atoms with Crippen LogP contribution in [0.5, 0.6) is 0 Å². The van der Waals surface area contributed by atoms with Gasteiger partial charge in [-0.15, -0.1) is 0 Å². The third-order valence-corrected chi connectivity index (χ3v) is 7.92. The second-order valence-electron chi connectivity index (χ2n) is 9.76. The summed E-state index contributed by atoms with van der Waals surface area (Å²) in [6.45, 7) is 3.13. The van der Waals surface area contributed by atoms with Crippen molar-refractivity contribution in [2.45, 2.75) is 57.2 Å². The minimum atomic E-state index is -0.561. The lowest BCUT2D eigenvalue weighted by molar-refractivity contribution is -0.143. The Morgan fingerprint density at radius 2 is 1.94 bits per heavy atom. The first-order valence-electron chi connectivity index (χ1n) is 12.0. The minimum Gasteiger partial charge on any atom is -0.306 e. The van der Waals surface area contributed by atoms with Crippen LogP contribution in [-0.2, 0) is 23.9 Å². The molecule has 33 heavy (non-hydrogen) atoms. The Kier molecular flexibility index (Phi) is 4.70. The molecular weight excluding hydrogens is 415 g/mol. The predicted octanol–water partition coefficient (Wildman–Crippen LogP) is 4.93. The maximum Gasteiger partial charge on any atom is 0.252 e. The van der Waals surface area contributed by atoms with Gasteiger partial charge in [-0.3, -0.25) is 14.4 Å². The van der Waals surface area contributed by atoms with Crippen LogP contribution in [0.1, 0.15) is 48.9 Å². The van der Waals surface area contributed by atoms with E-state index >= 15 is 4.39 Å². The highest BCUT2D eigenvalue weighted by molar-refractivity contribution is 6.08. The molecule has 0 radical (unpaired) electrons. The molecule has 1 aliphatic carbocycles. The van der Waals surface area contributed by atoms with Crippen molar-refractivity contribution in [3.8, 4) is 11.1 Å². The number of hydrogen-bond donors (Lipinski definition) is 0. The Hall–Kier alpha value is -2.99. The second kappa shape index (κ2) is 7.52. The molecule has 6 heteroatoms. The Morgan fingerprint density at radius 3 is 2.61 bits per heavy atom. The highest BCUT2D eigenvalue weighted by atomic mass is 19.1. The number of aryl methyl sites for hydroxylation is 2. The highest BCUT2D eigenvalue weighted by Gasteiger charge is 2.61. The lowest BCUT2D eigenvalue weighted by Gasteiger charge is -2.52. The number of fused-ring (bicyclic) bond motifs is 2. The number of carbonyl (C=O) groups is 1. The van der Waals surface area contributed by atoms with E-state index in [9.17, 15) is 4.79 Å². The van der Waals surface area contributed by atoms with Crippen LogP contribution in [0.4, 0.5) is 10.1 Å². The summed E-state index contributed by atoms with van der Waals surface area (Å²) >= 11 is 0. The van der Waals surface area contributed by atoms with Crippen LogP contribution >= 0.6 is 0 Å². The minimum absolute atomic E-state index is 0.105. The third-order valence-electron chi connectivity index (χ3n) is 7.92. The molecule has 1 amide bonds. The van der Waals surface area contributed by atoms with Gasteiger partial charge in [-0.1, -0.05) is 43.2 Å². The average Bonchev–Trinajstić information content (AvgIpc) is 3.47. The van der Waals surface area contributed by atoms with E-state index in [1.165, 1.54) is 25.7 Å². The summed E-state index contributed by atoms with van der Waals surface area (Å²) in [5.41, 5.74) is 4.59. The van der Waals surface area contributed by atoms with Crippen molar-refractivity contribution in [3.63, 3.8) is 0 Å². The third kappa shape index (κ3) is 3.00. The first kappa shape index (κ1) is 20.6. The molecule has 2 aromatic carbocycles. The highest BCUT2D eigenvalue weighted by Crippen LogP contribution is 2.53. The molecule has 6 rings (SSSR count). The number of anilines is 1. The average molecular weight is 445 g/mol. The molecule has 5 nitrogen and oxygen atoms in total. The summed E-state index contributed by atoms with van der Waals surface area (Å²) in [6.07, 6.45) is 7.57. The van der Waals surface area contributed by atoms with E-state index in [2.05, 4.69) is 16.1 Å². The van der Waals surface area contributed by atoms with Gasteiger partial charge in [0.05, 0.1) is 12.2 Å². The van der Waals surface area contributed by atoms with E-state index in [-0.39, 0.29) is 18.3 Å². The summed E-state index contributed by atoms with van der Waals surface area (Å²) in [5.74, 6) is -0.184. The largest absolute Gasteiger partial charge is 0.306 e.